The molecule has 5 heteroatoms. The zero-order chi connectivity index (χ0) is 15.2. The van der Waals surface area contributed by atoms with Gasteiger partial charge in [0.15, 0.2) is 0 Å². The number of hydrogen-bond acceptors (Lipinski definition) is 5. The lowest BCUT2D eigenvalue weighted by atomic mass is 10.0. The molecule has 2 fully saturated rings. The molecular weight excluding hydrogens is 278 g/mol. The van der Waals surface area contributed by atoms with Crippen LogP contribution < -0.4 is 0 Å². The van der Waals surface area contributed by atoms with Crippen molar-refractivity contribution in [1.29, 1.82) is 0 Å². The number of aromatic nitrogens is 2. The first-order valence-corrected chi connectivity index (χ1v) is 8.56. The average molecular weight is 305 g/mol. The van der Waals surface area contributed by atoms with Crippen LogP contribution in [-0.2, 0) is 9.47 Å². The van der Waals surface area contributed by atoms with E-state index in [0.717, 1.165) is 51.3 Å². The molecule has 2 saturated heterocycles. The first kappa shape index (κ1) is 15.8. The molecule has 2 aliphatic rings. The van der Waals surface area contributed by atoms with Crippen LogP contribution in [0.15, 0.2) is 18.6 Å². The Morgan fingerprint density at radius 1 is 1.27 bits per heavy atom. The van der Waals surface area contributed by atoms with Gasteiger partial charge < -0.3 is 9.47 Å². The van der Waals surface area contributed by atoms with E-state index >= 15 is 0 Å². The minimum atomic E-state index is 0.324. The summed E-state index contributed by atoms with van der Waals surface area (Å²) >= 11 is 0. The van der Waals surface area contributed by atoms with Gasteiger partial charge in [-0.3, -0.25) is 14.9 Å². The van der Waals surface area contributed by atoms with E-state index in [1.165, 1.54) is 12.8 Å². The van der Waals surface area contributed by atoms with Gasteiger partial charge >= 0.3 is 0 Å². The molecule has 2 unspecified atom stereocenters. The topological polar surface area (TPSA) is 47.5 Å². The summed E-state index contributed by atoms with van der Waals surface area (Å²) in [5.41, 5.74) is 1.05. The van der Waals surface area contributed by atoms with Crippen molar-refractivity contribution in [2.24, 2.45) is 0 Å². The van der Waals surface area contributed by atoms with Crippen molar-refractivity contribution in [1.82, 2.24) is 14.9 Å². The lowest BCUT2D eigenvalue weighted by Crippen LogP contribution is -2.39. The highest BCUT2D eigenvalue weighted by Crippen LogP contribution is 2.24. The maximum atomic E-state index is 6.08. The van der Waals surface area contributed by atoms with E-state index in [1.807, 2.05) is 6.20 Å². The Bertz CT molecular complexity index is 429. The Hall–Kier alpha value is -1.04. The third kappa shape index (κ3) is 4.24. The smallest absolute Gasteiger partial charge is 0.0808 e. The molecule has 3 heterocycles. The zero-order valence-electron chi connectivity index (χ0n) is 13.5. The molecule has 22 heavy (non-hydrogen) atoms. The maximum absolute atomic E-state index is 6.08. The number of ether oxygens (including phenoxy) is 2. The molecule has 2 atom stereocenters. The second kappa shape index (κ2) is 7.99. The second-order valence-electron chi connectivity index (χ2n) is 6.36. The molecule has 0 N–H and O–H groups in total. The van der Waals surface area contributed by atoms with Gasteiger partial charge in [-0.25, -0.2) is 0 Å². The Labute approximate surface area is 133 Å². The lowest BCUT2D eigenvalue weighted by molar-refractivity contribution is -0.0769. The zero-order valence-corrected chi connectivity index (χ0v) is 13.5. The molecule has 0 radical (unpaired) electrons. The Morgan fingerprint density at radius 2 is 2.14 bits per heavy atom. The maximum Gasteiger partial charge on any atom is 0.0808 e. The highest BCUT2D eigenvalue weighted by atomic mass is 16.5. The van der Waals surface area contributed by atoms with Gasteiger partial charge in [-0.05, 0) is 39.0 Å². The molecule has 2 aliphatic heterocycles. The van der Waals surface area contributed by atoms with Crippen LogP contribution in [0.25, 0.3) is 0 Å². The van der Waals surface area contributed by atoms with Crippen LogP contribution in [0.3, 0.4) is 0 Å². The van der Waals surface area contributed by atoms with Crippen LogP contribution in [-0.4, -0.2) is 53.4 Å². The molecule has 0 amide bonds. The quantitative estimate of drug-likeness (QED) is 0.837. The molecular formula is C17H27N3O2. The van der Waals surface area contributed by atoms with Crippen molar-refractivity contribution in [3.05, 3.63) is 24.3 Å². The van der Waals surface area contributed by atoms with Crippen LogP contribution in [0.5, 0.6) is 0 Å². The number of likely N-dealkylation sites (tertiary alicyclic amines) is 1. The van der Waals surface area contributed by atoms with E-state index in [4.69, 9.17) is 9.47 Å². The van der Waals surface area contributed by atoms with Gasteiger partial charge in [-0.2, -0.15) is 0 Å². The van der Waals surface area contributed by atoms with Crippen molar-refractivity contribution in [3.8, 4) is 0 Å². The van der Waals surface area contributed by atoms with Crippen molar-refractivity contribution in [2.45, 2.75) is 57.3 Å². The van der Waals surface area contributed by atoms with Crippen molar-refractivity contribution >= 4 is 0 Å². The summed E-state index contributed by atoms with van der Waals surface area (Å²) in [7, 11) is 0. The Kier molecular flexibility index (Phi) is 5.76. The summed E-state index contributed by atoms with van der Waals surface area (Å²) in [5.74, 6) is 0. The molecule has 1 aromatic heterocycles. The van der Waals surface area contributed by atoms with Crippen molar-refractivity contribution < 1.29 is 9.47 Å². The lowest BCUT2D eigenvalue weighted by Gasteiger charge is -2.36. The predicted molar refractivity (Wildman–Crippen MR) is 84.6 cm³/mol. The van der Waals surface area contributed by atoms with E-state index in [-0.39, 0.29) is 0 Å². The standard InChI is InChI=1S/C17H27N3O2/c1-14(17-12-18-7-8-19-17)20-9-5-15(6-10-20)22-13-16-4-2-3-11-21-16/h7-8,12,14-16H,2-6,9-11,13H2,1H3. The fraction of sp³-hybridized carbons (Fsp3) is 0.765. The van der Waals surface area contributed by atoms with Crippen LogP contribution in [0, 0.1) is 0 Å². The third-order valence-corrected chi connectivity index (χ3v) is 4.83. The highest BCUT2D eigenvalue weighted by Gasteiger charge is 2.25. The normalized spacial score (nSPS) is 26.0. The van der Waals surface area contributed by atoms with E-state index in [9.17, 15) is 0 Å². The summed E-state index contributed by atoms with van der Waals surface area (Å²) in [4.78, 5) is 11.1. The van der Waals surface area contributed by atoms with E-state index in [0.29, 0.717) is 18.2 Å². The molecule has 0 bridgehead atoms. The summed E-state index contributed by atoms with van der Waals surface area (Å²) < 4.78 is 11.8. The minimum Gasteiger partial charge on any atom is -0.376 e. The summed E-state index contributed by atoms with van der Waals surface area (Å²) in [6, 6.07) is 0.330. The number of piperidine rings is 1. The molecule has 1 aromatic rings. The largest absolute Gasteiger partial charge is 0.376 e. The first-order valence-electron chi connectivity index (χ1n) is 8.56. The summed E-state index contributed by atoms with van der Waals surface area (Å²) in [5, 5.41) is 0. The molecule has 0 aliphatic carbocycles. The fourth-order valence-corrected chi connectivity index (χ4v) is 3.33. The van der Waals surface area contributed by atoms with Crippen LogP contribution >= 0.6 is 0 Å². The minimum absolute atomic E-state index is 0.324. The van der Waals surface area contributed by atoms with Gasteiger partial charge in [0, 0.05) is 38.3 Å². The SMILES string of the molecule is CC(c1cnccn1)N1CCC(OCC2CCCCO2)CC1. The van der Waals surface area contributed by atoms with Gasteiger partial charge in [-0.15, -0.1) is 0 Å². The Morgan fingerprint density at radius 3 is 2.82 bits per heavy atom. The van der Waals surface area contributed by atoms with Crippen LogP contribution in [0.4, 0.5) is 0 Å². The van der Waals surface area contributed by atoms with Crippen molar-refractivity contribution in [2.75, 3.05) is 26.3 Å². The average Bonchev–Trinajstić information content (AvgIpc) is 2.61. The molecule has 5 nitrogen and oxygen atoms in total. The molecule has 0 spiro atoms. The van der Waals surface area contributed by atoms with Gasteiger partial charge in [0.05, 0.1) is 30.6 Å². The van der Waals surface area contributed by atoms with Gasteiger partial charge in [0.1, 0.15) is 0 Å². The summed E-state index contributed by atoms with van der Waals surface area (Å²) in [6.07, 6.45) is 11.9. The van der Waals surface area contributed by atoms with E-state index in [2.05, 4.69) is 21.8 Å². The second-order valence-corrected chi connectivity index (χ2v) is 6.36. The molecule has 3 rings (SSSR count). The van der Waals surface area contributed by atoms with E-state index < -0.39 is 0 Å². The third-order valence-electron chi connectivity index (χ3n) is 4.83. The molecule has 122 valence electrons. The van der Waals surface area contributed by atoms with Crippen molar-refractivity contribution in [3.63, 3.8) is 0 Å². The first-order chi connectivity index (χ1) is 10.8. The van der Waals surface area contributed by atoms with Crippen LogP contribution in [0.2, 0.25) is 0 Å². The van der Waals surface area contributed by atoms with Crippen LogP contribution in [0.1, 0.15) is 50.8 Å². The number of nitrogens with zero attached hydrogens (tertiary/aromatic N) is 3. The molecule has 0 saturated carbocycles. The number of hydrogen-bond donors (Lipinski definition) is 0. The predicted octanol–water partition coefficient (Wildman–Crippen LogP) is 2.59. The van der Waals surface area contributed by atoms with E-state index in [1.54, 1.807) is 12.4 Å². The van der Waals surface area contributed by atoms with Gasteiger partial charge in [0.2, 0.25) is 0 Å². The highest BCUT2D eigenvalue weighted by molar-refractivity contribution is 5.01. The Balaban J connectivity index is 1.40. The number of rotatable bonds is 5. The monoisotopic (exact) mass is 305 g/mol. The van der Waals surface area contributed by atoms with Gasteiger partial charge in [-0.1, -0.05) is 0 Å². The summed E-state index contributed by atoms with van der Waals surface area (Å²) in [6.45, 7) is 6.01. The fourth-order valence-electron chi connectivity index (χ4n) is 3.33. The molecule has 0 aromatic carbocycles. The van der Waals surface area contributed by atoms with Gasteiger partial charge in [0.25, 0.3) is 0 Å².